The minimum atomic E-state index is 0.333. The van der Waals surface area contributed by atoms with E-state index in [1.807, 2.05) is 0 Å². The largest absolute Gasteiger partial charge is 0.396 e. The zero-order chi connectivity index (χ0) is 10.8. The molecule has 1 N–H and O–H groups in total. The zero-order valence-electron chi connectivity index (χ0n) is 10.0. The summed E-state index contributed by atoms with van der Waals surface area (Å²) in [6, 6.07) is 0. The van der Waals surface area contributed by atoms with Gasteiger partial charge in [0.25, 0.3) is 0 Å². The van der Waals surface area contributed by atoms with Gasteiger partial charge in [0.05, 0.1) is 0 Å². The van der Waals surface area contributed by atoms with E-state index in [2.05, 4.69) is 33.8 Å². The lowest BCUT2D eigenvalue weighted by Crippen LogP contribution is -2.21. The Morgan fingerprint density at radius 1 is 1.57 bits per heavy atom. The van der Waals surface area contributed by atoms with Crippen molar-refractivity contribution < 1.29 is 5.11 Å². The molecule has 0 aromatic heterocycles. The Kier molecular flexibility index (Phi) is 3.77. The SMILES string of the molecule is CC1=CC[C@@H](CC[C@H](C)CO)C1(C)C. The summed E-state index contributed by atoms with van der Waals surface area (Å²) in [6.45, 7) is 9.40. The smallest absolute Gasteiger partial charge is 0.0456 e. The number of hydrogen-bond acceptors (Lipinski definition) is 1. The highest BCUT2D eigenvalue weighted by Crippen LogP contribution is 2.45. The van der Waals surface area contributed by atoms with E-state index in [1.54, 1.807) is 5.57 Å². The van der Waals surface area contributed by atoms with E-state index in [0.717, 1.165) is 12.3 Å². The molecule has 0 unspecified atom stereocenters. The van der Waals surface area contributed by atoms with Crippen molar-refractivity contribution in [1.29, 1.82) is 0 Å². The van der Waals surface area contributed by atoms with Crippen molar-refractivity contribution in [1.82, 2.24) is 0 Å². The first-order chi connectivity index (χ1) is 6.48. The first-order valence-corrected chi connectivity index (χ1v) is 5.76. The molecule has 1 heteroatoms. The van der Waals surface area contributed by atoms with Crippen LogP contribution in [0.4, 0.5) is 0 Å². The van der Waals surface area contributed by atoms with Crippen LogP contribution in [0.1, 0.15) is 47.0 Å². The molecule has 1 aliphatic carbocycles. The minimum absolute atomic E-state index is 0.333. The van der Waals surface area contributed by atoms with Crippen LogP contribution in [0.5, 0.6) is 0 Å². The van der Waals surface area contributed by atoms with Crippen molar-refractivity contribution >= 4 is 0 Å². The average Bonchev–Trinajstić information content (AvgIpc) is 2.39. The normalized spacial score (nSPS) is 27.5. The highest BCUT2D eigenvalue weighted by molar-refractivity contribution is 5.18. The van der Waals surface area contributed by atoms with Gasteiger partial charge < -0.3 is 5.11 Å². The summed E-state index contributed by atoms with van der Waals surface area (Å²) >= 11 is 0. The summed E-state index contributed by atoms with van der Waals surface area (Å²) in [7, 11) is 0. The maximum absolute atomic E-state index is 8.98. The molecular weight excluding hydrogens is 172 g/mol. The second-order valence-electron chi connectivity index (χ2n) is 5.41. The molecule has 0 aromatic carbocycles. The van der Waals surface area contributed by atoms with Crippen LogP contribution in [-0.2, 0) is 0 Å². The van der Waals surface area contributed by atoms with Crippen LogP contribution in [-0.4, -0.2) is 11.7 Å². The molecule has 0 aromatic rings. The Balaban J connectivity index is 2.41. The van der Waals surface area contributed by atoms with Crippen LogP contribution in [0.15, 0.2) is 11.6 Å². The second-order valence-corrected chi connectivity index (χ2v) is 5.41. The van der Waals surface area contributed by atoms with Gasteiger partial charge in [0.1, 0.15) is 0 Å². The van der Waals surface area contributed by atoms with E-state index < -0.39 is 0 Å². The van der Waals surface area contributed by atoms with E-state index in [0.29, 0.717) is 17.9 Å². The maximum atomic E-state index is 8.98. The lowest BCUT2D eigenvalue weighted by Gasteiger charge is -2.30. The molecule has 0 bridgehead atoms. The zero-order valence-corrected chi connectivity index (χ0v) is 10.0. The summed E-state index contributed by atoms with van der Waals surface area (Å²) in [5, 5.41) is 8.98. The molecule has 0 aliphatic heterocycles. The fourth-order valence-electron chi connectivity index (χ4n) is 2.25. The number of rotatable bonds is 4. The molecule has 0 spiro atoms. The van der Waals surface area contributed by atoms with Crippen LogP contribution < -0.4 is 0 Å². The van der Waals surface area contributed by atoms with Crippen LogP contribution in [0.2, 0.25) is 0 Å². The fraction of sp³-hybridized carbons (Fsp3) is 0.846. The summed E-state index contributed by atoms with van der Waals surface area (Å²) < 4.78 is 0. The third-order valence-corrected chi connectivity index (χ3v) is 4.07. The monoisotopic (exact) mass is 196 g/mol. The topological polar surface area (TPSA) is 20.2 Å². The third-order valence-electron chi connectivity index (χ3n) is 4.07. The van der Waals surface area contributed by atoms with Gasteiger partial charge in [-0.05, 0) is 43.4 Å². The fourth-order valence-corrected chi connectivity index (χ4v) is 2.25. The molecule has 0 fully saturated rings. The van der Waals surface area contributed by atoms with Gasteiger partial charge in [0, 0.05) is 6.61 Å². The Morgan fingerprint density at radius 2 is 2.21 bits per heavy atom. The van der Waals surface area contributed by atoms with E-state index in [1.165, 1.54) is 12.8 Å². The molecule has 0 saturated carbocycles. The van der Waals surface area contributed by atoms with E-state index >= 15 is 0 Å². The molecule has 0 heterocycles. The van der Waals surface area contributed by atoms with Crippen molar-refractivity contribution in [3.8, 4) is 0 Å². The highest BCUT2D eigenvalue weighted by atomic mass is 16.3. The minimum Gasteiger partial charge on any atom is -0.396 e. The lowest BCUT2D eigenvalue weighted by molar-refractivity contribution is 0.202. The second kappa shape index (κ2) is 4.48. The number of allylic oxidation sites excluding steroid dienone is 2. The lowest BCUT2D eigenvalue weighted by atomic mass is 9.75. The van der Waals surface area contributed by atoms with E-state index in [9.17, 15) is 0 Å². The number of hydrogen-bond donors (Lipinski definition) is 1. The Labute approximate surface area is 88.2 Å². The quantitative estimate of drug-likeness (QED) is 0.683. The molecule has 1 rings (SSSR count). The van der Waals surface area contributed by atoms with Gasteiger partial charge >= 0.3 is 0 Å². The van der Waals surface area contributed by atoms with Crippen LogP contribution >= 0.6 is 0 Å². The van der Waals surface area contributed by atoms with Gasteiger partial charge in [-0.25, -0.2) is 0 Å². The van der Waals surface area contributed by atoms with Crippen molar-refractivity contribution in [2.45, 2.75) is 47.0 Å². The van der Waals surface area contributed by atoms with Crippen molar-refractivity contribution in [2.24, 2.45) is 17.3 Å². The van der Waals surface area contributed by atoms with Gasteiger partial charge in [-0.15, -0.1) is 0 Å². The van der Waals surface area contributed by atoms with E-state index in [4.69, 9.17) is 5.11 Å². The first kappa shape index (κ1) is 11.8. The Bertz CT molecular complexity index is 215. The maximum Gasteiger partial charge on any atom is 0.0456 e. The van der Waals surface area contributed by atoms with Gasteiger partial charge in [-0.1, -0.05) is 32.4 Å². The van der Waals surface area contributed by atoms with Crippen molar-refractivity contribution in [3.05, 3.63) is 11.6 Å². The predicted molar refractivity (Wildman–Crippen MR) is 61.1 cm³/mol. The predicted octanol–water partition coefficient (Wildman–Crippen LogP) is 3.39. The number of aliphatic hydroxyl groups excluding tert-OH is 1. The average molecular weight is 196 g/mol. The number of aliphatic hydroxyl groups is 1. The molecule has 1 nitrogen and oxygen atoms in total. The molecule has 82 valence electrons. The Hall–Kier alpha value is -0.300. The van der Waals surface area contributed by atoms with Gasteiger partial charge in [0.15, 0.2) is 0 Å². The third kappa shape index (κ3) is 2.38. The molecule has 0 amide bonds. The van der Waals surface area contributed by atoms with Crippen molar-refractivity contribution in [2.75, 3.05) is 6.61 Å². The molecular formula is C13H24O. The van der Waals surface area contributed by atoms with Crippen LogP contribution in [0, 0.1) is 17.3 Å². The molecule has 2 atom stereocenters. The first-order valence-electron chi connectivity index (χ1n) is 5.76. The summed E-state index contributed by atoms with van der Waals surface area (Å²) in [5.41, 5.74) is 1.92. The highest BCUT2D eigenvalue weighted by Gasteiger charge is 2.34. The van der Waals surface area contributed by atoms with Gasteiger partial charge in [-0.3, -0.25) is 0 Å². The molecule has 14 heavy (non-hydrogen) atoms. The van der Waals surface area contributed by atoms with E-state index in [-0.39, 0.29) is 0 Å². The van der Waals surface area contributed by atoms with Crippen molar-refractivity contribution in [3.63, 3.8) is 0 Å². The van der Waals surface area contributed by atoms with Gasteiger partial charge in [0.2, 0.25) is 0 Å². The Morgan fingerprint density at radius 3 is 2.64 bits per heavy atom. The van der Waals surface area contributed by atoms with Crippen LogP contribution in [0.25, 0.3) is 0 Å². The van der Waals surface area contributed by atoms with Gasteiger partial charge in [-0.2, -0.15) is 0 Å². The van der Waals surface area contributed by atoms with Crippen LogP contribution in [0.3, 0.4) is 0 Å². The summed E-state index contributed by atoms with van der Waals surface area (Å²) in [4.78, 5) is 0. The molecule has 0 saturated heterocycles. The standard InChI is InChI=1S/C13H24O/c1-10(9-14)5-7-12-8-6-11(2)13(12,3)4/h6,10,12,14H,5,7-9H2,1-4H3/t10-,12+/m0/s1. The summed E-state index contributed by atoms with van der Waals surface area (Å²) in [5.74, 6) is 1.25. The molecule has 1 aliphatic rings. The summed E-state index contributed by atoms with van der Waals surface area (Å²) in [6.07, 6.45) is 6.03. The molecule has 0 radical (unpaired) electrons.